The van der Waals surface area contributed by atoms with Crippen LogP contribution in [0.15, 0.2) is 88.8 Å². The van der Waals surface area contributed by atoms with Gasteiger partial charge in [0.25, 0.3) is 10.0 Å². The van der Waals surface area contributed by atoms with Gasteiger partial charge in [0, 0.05) is 25.1 Å². The van der Waals surface area contributed by atoms with E-state index in [1.54, 1.807) is 34.9 Å². The fraction of sp³-hybridized carbons (Fsp3) is 0.281. The molecule has 0 saturated heterocycles. The van der Waals surface area contributed by atoms with Crippen molar-refractivity contribution in [3.8, 4) is 11.1 Å². The Hall–Kier alpha value is -4.09. The van der Waals surface area contributed by atoms with Crippen molar-refractivity contribution in [1.29, 1.82) is 0 Å². The zero-order valence-corrected chi connectivity index (χ0v) is 25.9. The number of benzene rings is 3. The van der Waals surface area contributed by atoms with Crippen LogP contribution in [-0.2, 0) is 29.5 Å². The number of aromatic carboxylic acids is 1. The number of sulfonamides is 1. The number of carbonyl (C=O) groups excluding carboxylic acids is 1. The summed E-state index contributed by atoms with van der Waals surface area (Å²) in [5.74, 6) is 0.529. The maximum atomic E-state index is 13.2. The molecule has 9 nitrogen and oxygen atoms in total. The van der Waals surface area contributed by atoms with Gasteiger partial charge in [-0.05, 0) is 41.4 Å². The maximum Gasteiger partial charge on any atom is 0.355 e. The Labute approximate surface area is 256 Å². The quantitative estimate of drug-likeness (QED) is 0.111. The molecule has 0 fully saturated rings. The van der Waals surface area contributed by atoms with E-state index in [9.17, 15) is 23.1 Å². The zero-order chi connectivity index (χ0) is 30.8. The summed E-state index contributed by atoms with van der Waals surface area (Å²) in [5, 5.41) is 13.2. The van der Waals surface area contributed by atoms with Crippen molar-refractivity contribution in [3.05, 3.63) is 102 Å². The average Bonchev–Trinajstić information content (AvgIpc) is 3.33. The number of unbranched alkanes of at least 4 members (excludes halogenated alkanes) is 1. The topological polar surface area (TPSA) is 130 Å². The fourth-order valence-corrected chi connectivity index (χ4v) is 6.87. The molecule has 0 aliphatic carbocycles. The summed E-state index contributed by atoms with van der Waals surface area (Å²) in [7, 11) is -4.18. The van der Waals surface area contributed by atoms with Crippen molar-refractivity contribution in [2.45, 2.75) is 62.5 Å². The molecule has 1 aromatic heterocycles. The standard InChI is InChI=1S/C32H36N4O5S2/c1-3-5-20-42-30-29(31(37)38)36(28(34-30)11-4-2)22-24-16-18-25(19-17-24)26-14-9-10-15-27(26)43(40,41)35-32(39)33-21-23-12-7-6-8-13-23/h6-10,12-19H,3-5,11,20-22H2,1-2H3,(H,37,38)(H2,33,35,39). The minimum Gasteiger partial charge on any atom is -0.476 e. The van der Waals surface area contributed by atoms with Gasteiger partial charge in [0.15, 0.2) is 5.69 Å². The number of hydrogen-bond acceptors (Lipinski definition) is 6. The molecule has 0 aliphatic rings. The van der Waals surface area contributed by atoms with Crippen LogP contribution in [0.2, 0.25) is 0 Å². The van der Waals surface area contributed by atoms with Gasteiger partial charge in [0.1, 0.15) is 10.9 Å². The minimum atomic E-state index is -4.18. The van der Waals surface area contributed by atoms with Gasteiger partial charge in [0.2, 0.25) is 0 Å². The van der Waals surface area contributed by atoms with Crippen LogP contribution >= 0.6 is 11.8 Å². The highest BCUT2D eigenvalue weighted by Gasteiger charge is 2.24. The van der Waals surface area contributed by atoms with Crippen molar-refractivity contribution >= 4 is 33.8 Å². The lowest BCUT2D eigenvalue weighted by Crippen LogP contribution is -2.39. The number of thioether (sulfide) groups is 1. The number of carbonyl (C=O) groups is 2. The van der Waals surface area contributed by atoms with Crippen molar-refractivity contribution < 1.29 is 23.1 Å². The highest BCUT2D eigenvalue weighted by molar-refractivity contribution is 7.99. The second kappa shape index (κ2) is 14.9. The summed E-state index contributed by atoms with van der Waals surface area (Å²) in [6.45, 7) is 4.63. The molecule has 3 aromatic carbocycles. The number of carboxylic acids is 1. The van der Waals surface area contributed by atoms with Crippen molar-refractivity contribution in [1.82, 2.24) is 19.6 Å². The first kappa shape index (κ1) is 31.8. The number of rotatable bonds is 14. The Balaban J connectivity index is 1.55. The van der Waals surface area contributed by atoms with Gasteiger partial charge in [-0.25, -0.2) is 27.7 Å². The molecule has 11 heteroatoms. The molecule has 0 saturated carbocycles. The summed E-state index contributed by atoms with van der Waals surface area (Å²) in [6, 6.07) is 22.1. The van der Waals surface area contributed by atoms with E-state index in [1.807, 2.05) is 49.4 Å². The number of hydrogen-bond donors (Lipinski definition) is 3. The second-order valence-electron chi connectivity index (χ2n) is 9.99. The molecule has 4 aromatic rings. The van der Waals surface area contributed by atoms with Gasteiger partial charge >= 0.3 is 12.0 Å². The van der Waals surface area contributed by atoms with Gasteiger partial charge in [-0.3, -0.25) is 0 Å². The predicted octanol–water partition coefficient (Wildman–Crippen LogP) is 6.33. The van der Waals surface area contributed by atoms with Gasteiger partial charge in [-0.1, -0.05) is 93.1 Å². The molecule has 1 heterocycles. The fourth-order valence-electron chi connectivity index (χ4n) is 4.58. The van der Waals surface area contributed by atoms with Crippen LogP contribution < -0.4 is 10.0 Å². The van der Waals surface area contributed by atoms with Gasteiger partial charge in [-0.2, -0.15) is 0 Å². The summed E-state index contributed by atoms with van der Waals surface area (Å²) in [5.41, 5.74) is 2.97. The normalized spacial score (nSPS) is 11.3. The molecule has 0 unspecified atom stereocenters. The smallest absolute Gasteiger partial charge is 0.355 e. The molecule has 0 radical (unpaired) electrons. The van der Waals surface area contributed by atoms with Crippen LogP contribution in [0.5, 0.6) is 0 Å². The average molecular weight is 621 g/mol. The first-order valence-electron chi connectivity index (χ1n) is 14.2. The van der Waals surface area contributed by atoms with E-state index in [0.717, 1.165) is 42.0 Å². The Bertz CT molecular complexity index is 1650. The van der Waals surface area contributed by atoms with E-state index in [2.05, 4.69) is 21.9 Å². The molecular formula is C32H36N4O5S2. The number of aromatic nitrogens is 2. The first-order valence-corrected chi connectivity index (χ1v) is 16.7. The monoisotopic (exact) mass is 620 g/mol. The number of nitrogens with zero attached hydrogens (tertiary/aromatic N) is 2. The third-order valence-electron chi connectivity index (χ3n) is 6.73. The number of aryl methyl sites for hydroxylation is 1. The summed E-state index contributed by atoms with van der Waals surface area (Å²) >= 11 is 1.48. The maximum absolute atomic E-state index is 13.2. The molecule has 3 N–H and O–H groups in total. The Morgan fingerprint density at radius 3 is 2.28 bits per heavy atom. The van der Waals surface area contributed by atoms with E-state index in [4.69, 9.17) is 0 Å². The summed E-state index contributed by atoms with van der Waals surface area (Å²) < 4.78 is 30.3. The lowest BCUT2D eigenvalue weighted by Gasteiger charge is -2.14. The highest BCUT2D eigenvalue weighted by Crippen LogP contribution is 2.29. The third-order valence-corrected chi connectivity index (χ3v) is 9.17. The van der Waals surface area contributed by atoms with Crippen LogP contribution in [0.1, 0.15) is 60.5 Å². The number of nitrogens with one attached hydrogen (secondary N) is 2. The van der Waals surface area contributed by atoms with Gasteiger partial charge < -0.3 is 15.0 Å². The summed E-state index contributed by atoms with van der Waals surface area (Å²) in [4.78, 5) is 29.4. The van der Waals surface area contributed by atoms with Crippen molar-refractivity contribution in [2.75, 3.05) is 5.75 Å². The number of carboxylic acid groups (broad SMARTS) is 1. The molecule has 0 aliphatic heterocycles. The molecule has 0 atom stereocenters. The van der Waals surface area contributed by atoms with Gasteiger partial charge in [0.05, 0.1) is 4.90 Å². The first-order chi connectivity index (χ1) is 20.7. The van der Waals surface area contributed by atoms with Crippen LogP contribution in [0.3, 0.4) is 0 Å². The number of amides is 2. The molecule has 2 amide bonds. The summed E-state index contributed by atoms with van der Waals surface area (Å²) in [6.07, 6.45) is 3.49. The van der Waals surface area contributed by atoms with Crippen molar-refractivity contribution in [3.63, 3.8) is 0 Å². The lowest BCUT2D eigenvalue weighted by atomic mass is 10.0. The number of imidazole rings is 1. The molecule has 4 rings (SSSR count). The minimum absolute atomic E-state index is 0.0284. The third kappa shape index (κ3) is 8.26. The Kier molecular flexibility index (Phi) is 11.0. The number of urea groups is 1. The molecule has 43 heavy (non-hydrogen) atoms. The Morgan fingerprint density at radius 1 is 0.907 bits per heavy atom. The molecule has 0 bridgehead atoms. The van der Waals surface area contributed by atoms with Crippen molar-refractivity contribution in [2.24, 2.45) is 0 Å². The SMILES string of the molecule is CCCCSc1nc(CCC)n(Cc2ccc(-c3ccccc3S(=O)(=O)NC(=O)NCc3ccccc3)cc2)c1C(=O)O. The largest absolute Gasteiger partial charge is 0.476 e. The predicted molar refractivity (Wildman–Crippen MR) is 169 cm³/mol. The van der Waals surface area contributed by atoms with Gasteiger partial charge in [-0.15, -0.1) is 11.8 Å². The van der Waals surface area contributed by atoms with E-state index < -0.39 is 22.0 Å². The molecule has 226 valence electrons. The van der Waals surface area contributed by atoms with E-state index in [0.29, 0.717) is 29.1 Å². The van der Waals surface area contributed by atoms with Crippen LogP contribution in [0.25, 0.3) is 11.1 Å². The van der Waals surface area contributed by atoms with E-state index in [1.165, 1.54) is 17.8 Å². The van der Waals surface area contributed by atoms with E-state index >= 15 is 0 Å². The molecule has 0 spiro atoms. The second-order valence-corrected chi connectivity index (χ2v) is 12.7. The van der Waals surface area contributed by atoms with Crippen LogP contribution in [0, 0.1) is 0 Å². The van der Waals surface area contributed by atoms with Crippen LogP contribution in [0.4, 0.5) is 4.79 Å². The highest BCUT2D eigenvalue weighted by atomic mass is 32.2. The lowest BCUT2D eigenvalue weighted by molar-refractivity contribution is 0.0681. The molecular weight excluding hydrogens is 585 g/mol. The van der Waals surface area contributed by atoms with Crippen LogP contribution in [-0.4, -0.2) is 40.8 Å². The Morgan fingerprint density at radius 2 is 1.60 bits per heavy atom. The van der Waals surface area contributed by atoms with E-state index in [-0.39, 0.29) is 17.1 Å². The zero-order valence-electron chi connectivity index (χ0n) is 24.2.